The zero-order valence-corrected chi connectivity index (χ0v) is 10.2. The first kappa shape index (κ1) is 13.0. The van der Waals surface area contributed by atoms with Crippen molar-refractivity contribution in [3.8, 4) is 0 Å². The molecule has 0 heterocycles. The molecule has 1 aromatic carbocycles. The van der Waals surface area contributed by atoms with Crippen LogP contribution >= 0.6 is 0 Å². The van der Waals surface area contributed by atoms with Crippen LogP contribution in [0.4, 0.5) is 0 Å². The van der Waals surface area contributed by atoms with Gasteiger partial charge in [-0.05, 0) is 36.3 Å². The van der Waals surface area contributed by atoms with Crippen molar-refractivity contribution in [2.24, 2.45) is 0 Å². The summed E-state index contributed by atoms with van der Waals surface area (Å²) in [5.74, 6) is 0.861. The van der Waals surface area contributed by atoms with Crippen LogP contribution in [-0.4, -0.2) is 6.79 Å². The lowest BCUT2D eigenvalue weighted by molar-refractivity contribution is -0.0979. The smallest absolute Gasteiger partial charge is 0.106 e. The topological polar surface area (TPSA) is 17.1 Å². The SMILES string of the molecule is C=O.CCc1ccccc1C1CCCCC1. The summed E-state index contributed by atoms with van der Waals surface area (Å²) in [6.45, 7) is 4.27. The molecule has 0 unspecified atom stereocenters. The molecular formula is C15H22O. The molecule has 0 amide bonds. The first-order valence-corrected chi connectivity index (χ1v) is 6.28. The van der Waals surface area contributed by atoms with E-state index in [1.165, 1.54) is 38.5 Å². The van der Waals surface area contributed by atoms with E-state index < -0.39 is 0 Å². The third-order valence-electron chi connectivity index (χ3n) is 3.48. The molecule has 1 saturated carbocycles. The zero-order valence-electron chi connectivity index (χ0n) is 10.2. The lowest BCUT2D eigenvalue weighted by atomic mass is 9.82. The molecule has 1 nitrogen and oxygen atoms in total. The van der Waals surface area contributed by atoms with Gasteiger partial charge in [0, 0.05) is 0 Å². The predicted octanol–water partition coefficient (Wildman–Crippen LogP) is 4.11. The number of benzene rings is 1. The Kier molecular flexibility index (Phi) is 5.84. The minimum Gasteiger partial charge on any atom is -0.307 e. The first-order valence-electron chi connectivity index (χ1n) is 6.28. The second-order valence-electron chi connectivity index (χ2n) is 4.39. The second kappa shape index (κ2) is 7.21. The molecule has 1 fully saturated rings. The normalized spacial score (nSPS) is 16.3. The van der Waals surface area contributed by atoms with Crippen LogP contribution in [0.1, 0.15) is 56.1 Å². The summed E-state index contributed by atoms with van der Waals surface area (Å²) in [6, 6.07) is 9.01. The van der Waals surface area contributed by atoms with Gasteiger partial charge in [-0.3, -0.25) is 0 Å². The molecule has 0 N–H and O–H groups in total. The molecule has 0 bridgehead atoms. The molecule has 0 aliphatic heterocycles. The Morgan fingerprint density at radius 1 is 1.12 bits per heavy atom. The third-order valence-corrected chi connectivity index (χ3v) is 3.48. The lowest BCUT2D eigenvalue weighted by Crippen LogP contribution is -2.06. The average molecular weight is 218 g/mol. The fraction of sp³-hybridized carbons (Fsp3) is 0.533. The van der Waals surface area contributed by atoms with Crippen LogP contribution in [0, 0.1) is 0 Å². The standard InChI is InChI=1S/C14H20.CH2O/c1-2-12-8-6-7-11-14(12)13-9-4-3-5-10-13;1-2/h6-8,11,13H,2-5,9-10H2,1H3;1H2. The maximum absolute atomic E-state index is 8.00. The number of rotatable bonds is 2. The van der Waals surface area contributed by atoms with E-state index >= 15 is 0 Å². The Morgan fingerprint density at radius 3 is 2.38 bits per heavy atom. The summed E-state index contributed by atoms with van der Waals surface area (Å²) in [6.07, 6.45) is 8.33. The van der Waals surface area contributed by atoms with Crippen molar-refractivity contribution >= 4 is 6.79 Å². The van der Waals surface area contributed by atoms with E-state index in [1.54, 1.807) is 11.1 Å². The highest BCUT2D eigenvalue weighted by molar-refractivity contribution is 5.30. The van der Waals surface area contributed by atoms with Crippen molar-refractivity contribution in [3.05, 3.63) is 35.4 Å². The van der Waals surface area contributed by atoms with E-state index in [4.69, 9.17) is 4.79 Å². The molecule has 0 spiro atoms. The van der Waals surface area contributed by atoms with Gasteiger partial charge in [-0.15, -0.1) is 0 Å². The fourth-order valence-corrected chi connectivity index (χ4v) is 2.67. The van der Waals surface area contributed by atoms with E-state index in [0.29, 0.717) is 0 Å². The van der Waals surface area contributed by atoms with Gasteiger partial charge in [0.25, 0.3) is 0 Å². The number of carbonyl (C=O) groups is 1. The Morgan fingerprint density at radius 2 is 1.75 bits per heavy atom. The molecule has 1 aliphatic carbocycles. The van der Waals surface area contributed by atoms with Crippen LogP contribution in [0.15, 0.2) is 24.3 Å². The van der Waals surface area contributed by atoms with Gasteiger partial charge >= 0.3 is 0 Å². The predicted molar refractivity (Wildman–Crippen MR) is 68.8 cm³/mol. The molecule has 1 heteroatoms. The highest BCUT2D eigenvalue weighted by Crippen LogP contribution is 2.34. The third kappa shape index (κ3) is 3.19. The molecule has 0 saturated heterocycles. The van der Waals surface area contributed by atoms with Crippen molar-refractivity contribution < 1.29 is 4.79 Å². The Labute approximate surface area is 98.9 Å². The lowest BCUT2D eigenvalue weighted by Gasteiger charge is -2.24. The molecule has 2 rings (SSSR count). The van der Waals surface area contributed by atoms with Crippen LogP contribution in [-0.2, 0) is 11.2 Å². The minimum atomic E-state index is 0.861. The highest BCUT2D eigenvalue weighted by atomic mass is 16.1. The minimum absolute atomic E-state index is 0.861. The van der Waals surface area contributed by atoms with Gasteiger partial charge in [0.2, 0.25) is 0 Å². The van der Waals surface area contributed by atoms with Crippen LogP contribution in [0.2, 0.25) is 0 Å². The monoisotopic (exact) mass is 218 g/mol. The molecule has 0 radical (unpaired) electrons. The highest BCUT2D eigenvalue weighted by Gasteiger charge is 2.16. The van der Waals surface area contributed by atoms with E-state index in [0.717, 1.165) is 5.92 Å². The van der Waals surface area contributed by atoms with Gasteiger partial charge < -0.3 is 4.79 Å². The first-order chi connectivity index (χ1) is 7.92. The summed E-state index contributed by atoms with van der Waals surface area (Å²) >= 11 is 0. The summed E-state index contributed by atoms with van der Waals surface area (Å²) in [4.78, 5) is 8.00. The van der Waals surface area contributed by atoms with Crippen molar-refractivity contribution in [1.29, 1.82) is 0 Å². The van der Waals surface area contributed by atoms with E-state index in [9.17, 15) is 0 Å². The molecule has 0 atom stereocenters. The molecular weight excluding hydrogens is 196 g/mol. The van der Waals surface area contributed by atoms with E-state index in [2.05, 4.69) is 31.2 Å². The summed E-state index contributed by atoms with van der Waals surface area (Å²) in [5, 5.41) is 0. The molecule has 1 aliphatic rings. The van der Waals surface area contributed by atoms with E-state index in [-0.39, 0.29) is 0 Å². The number of hydrogen-bond acceptors (Lipinski definition) is 1. The Hall–Kier alpha value is -1.11. The zero-order chi connectivity index (χ0) is 11.8. The van der Waals surface area contributed by atoms with Crippen molar-refractivity contribution in [1.82, 2.24) is 0 Å². The maximum atomic E-state index is 8.00. The van der Waals surface area contributed by atoms with Crippen LogP contribution < -0.4 is 0 Å². The van der Waals surface area contributed by atoms with Crippen LogP contribution in [0.3, 0.4) is 0 Å². The molecule has 88 valence electrons. The molecule has 0 aromatic heterocycles. The summed E-state index contributed by atoms with van der Waals surface area (Å²) in [7, 11) is 0. The Bertz CT molecular complexity index is 300. The fourth-order valence-electron chi connectivity index (χ4n) is 2.67. The van der Waals surface area contributed by atoms with Gasteiger partial charge in [0.1, 0.15) is 6.79 Å². The molecule has 16 heavy (non-hydrogen) atoms. The van der Waals surface area contributed by atoms with Crippen LogP contribution in [0.25, 0.3) is 0 Å². The maximum Gasteiger partial charge on any atom is 0.106 e. The number of aryl methyl sites for hydroxylation is 1. The average Bonchev–Trinajstić information content (AvgIpc) is 2.42. The van der Waals surface area contributed by atoms with Crippen molar-refractivity contribution in [3.63, 3.8) is 0 Å². The summed E-state index contributed by atoms with van der Waals surface area (Å²) in [5.41, 5.74) is 3.20. The second-order valence-corrected chi connectivity index (χ2v) is 4.39. The van der Waals surface area contributed by atoms with Crippen molar-refractivity contribution in [2.75, 3.05) is 0 Å². The number of carbonyl (C=O) groups excluding carboxylic acids is 1. The van der Waals surface area contributed by atoms with Gasteiger partial charge in [-0.2, -0.15) is 0 Å². The largest absolute Gasteiger partial charge is 0.307 e. The van der Waals surface area contributed by atoms with Gasteiger partial charge in [0.15, 0.2) is 0 Å². The Balaban J connectivity index is 0.000000606. The molecule has 1 aromatic rings. The van der Waals surface area contributed by atoms with E-state index in [1.807, 2.05) is 6.79 Å². The van der Waals surface area contributed by atoms with Crippen LogP contribution in [0.5, 0.6) is 0 Å². The van der Waals surface area contributed by atoms with Crippen molar-refractivity contribution in [2.45, 2.75) is 51.4 Å². The van der Waals surface area contributed by atoms with Gasteiger partial charge in [0.05, 0.1) is 0 Å². The van der Waals surface area contributed by atoms with Gasteiger partial charge in [-0.25, -0.2) is 0 Å². The quantitative estimate of drug-likeness (QED) is 0.730. The summed E-state index contributed by atoms with van der Waals surface area (Å²) < 4.78 is 0. The number of hydrogen-bond donors (Lipinski definition) is 0. The van der Waals surface area contributed by atoms with Gasteiger partial charge in [-0.1, -0.05) is 50.5 Å².